The monoisotopic (exact) mass is 375 g/mol. The minimum absolute atomic E-state index is 0. The second-order valence-electron chi connectivity index (χ2n) is 4.63. The van der Waals surface area contributed by atoms with E-state index in [2.05, 4.69) is 17.2 Å². The van der Waals surface area contributed by atoms with Crippen molar-refractivity contribution in [3.05, 3.63) is 101 Å². The number of rotatable bonds is 1. The largest absolute Gasteiger partial charge is 0.306 e. The molecule has 0 bridgehead atoms. The van der Waals surface area contributed by atoms with Crippen molar-refractivity contribution in [2.24, 2.45) is 0 Å². The number of nitrogens with zero attached hydrogens (tertiary/aromatic N) is 1. The molecule has 0 amide bonds. The number of benzene rings is 3. The number of aromatic nitrogens is 2. The third-order valence-electron chi connectivity index (χ3n) is 3.16. The third-order valence-corrected chi connectivity index (χ3v) is 3.16. The molecule has 1 aromatic heterocycles. The molecule has 0 saturated carbocycles. The van der Waals surface area contributed by atoms with E-state index in [1.807, 2.05) is 78.9 Å². The molecule has 1 radical (unpaired) electrons. The fourth-order valence-corrected chi connectivity index (χ4v) is 2.15. The first-order valence-electron chi connectivity index (χ1n) is 6.93. The van der Waals surface area contributed by atoms with Gasteiger partial charge in [0.15, 0.2) is 0 Å². The zero-order valence-electron chi connectivity index (χ0n) is 12.4. The molecule has 23 heavy (non-hydrogen) atoms. The number of hydrogen-bond acceptors (Lipinski definition) is 1. The molecule has 0 unspecified atom stereocenters. The van der Waals surface area contributed by atoms with Gasteiger partial charge in [0.2, 0.25) is 0 Å². The molecule has 4 rings (SSSR count). The molecule has 0 aliphatic rings. The van der Waals surface area contributed by atoms with E-state index in [4.69, 9.17) is 0 Å². The summed E-state index contributed by atoms with van der Waals surface area (Å²) in [6.07, 6.45) is 0. The molecule has 0 aliphatic heterocycles. The molecule has 0 aliphatic carbocycles. The van der Waals surface area contributed by atoms with E-state index in [-0.39, 0.29) is 38.3 Å². The Morgan fingerprint density at radius 2 is 1.57 bits per heavy atom. The molecule has 111 valence electrons. The summed E-state index contributed by atoms with van der Waals surface area (Å²) < 4.78 is 1.77. The van der Waals surface area contributed by atoms with Gasteiger partial charge in [-0.25, -0.2) is 0 Å². The minimum atomic E-state index is -0.0700. The quantitative estimate of drug-likeness (QED) is 0.507. The van der Waals surface area contributed by atoms with Gasteiger partial charge in [-0.05, 0) is 17.8 Å². The Morgan fingerprint density at radius 1 is 0.826 bits per heavy atom. The summed E-state index contributed by atoms with van der Waals surface area (Å²) in [5.41, 5.74) is 1.72. The standard InChI is InChI=1S/C13H9N2O.C6H5.Y/c16-13-11-8-4-5-9-12(11)15(14-13)10-6-2-1-3-7-10;1-2-4-6-5-3-1;/h1-2,4-9H,(H,14,16);1-5H;/q2*-1;. The second kappa shape index (κ2) is 8.61. The van der Waals surface area contributed by atoms with Gasteiger partial charge in [0, 0.05) is 32.7 Å². The number of nitrogens with one attached hydrogen (secondary N) is 1. The zero-order chi connectivity index (χ0) is 15.2. The summed E-state index contributed by atoms with van der Waals surface area (Å²) >= 11 is 0. The maximum Gasteiger partial charge on any atom is 0.271 e. The van der Waals surface area contributed by atoms with Crippen molar-refractivity contribution in [1.29, 1.82) is 0 Å². The molecular formula is C19H14N2OY-2. The van der Waals surface area contributed by atoms with Gasteiger partial charge in [-0.3, -0.25) is 9.89 Å². The Balaban J connectivity index is 0.000000234. The second-order valence-corrected chi connectivity index (χ2v) is 4.63. The smallest absolute Gasteiger partial charge is 0.271 e. The first-order valence-corrected chi connectivity index (χ1v) is 6.93. The van der Waals surface area contributed by atoms with Gasteiger partial charge < -0.3 is 4.68 Å². The van der Waals surface area contributed by atoms with Crippen LogP contribution in [0.15, 0.2) is 83.7 Å². The van der Waals surface area contributed by atoms with Crippen LogP contribution >= 0.6 is 0 Å². The molecule has 0 spiro atoms. The van der Waals surface area contributed by atoms with Gasteiger partial charge in [-0.15, -0.1) is 6.07 Å². The summed E-state index contributed by atoms with van der Waals surface area (Å²) in [5, 5.41) is 3.51. The van der Waals surface area contributed by atoms with Gasteiger partial charge in [0.1, 0.15) is 0 Å². The number of fused-ring (bicyclic) bond motifs is 1. The van der Waals surface area contributed by atoms with Crippen molar-refractivity contribution < 1.29 is 32.7 Å². The first kappa shape index (κ1) is 17.4. The van der Waals surface area contributed by atoms with E-state index < -0.39 is 0 Å². The van der Waals surface area contributed by atoms with Gasteiger partial charge in [-0.1, -0.05) is 12.1 Å². The van der Waals surface area contributed by atoms with Gasteiger partial charge in [0.05, 0.1) is 10.9 Å². The van der Waals surface area contributed by atoms with Crippen molar-refractivity contribution >= 4 is 10.9 Å². The SMILES string of the molecule is O=c1[nH]n(-c2c[c-]ccc2)c2ccccc12.[Y].[c-]1ccccc1. The first-order chi connectivity index (χ1) is 10.9. The van der Waals surface area contributed by atoms with Crippen LogP contribution in [-0.2, 0) is 32.7 Å². The fraction of sp³-hybridized carbons (Fsp3) is 0. The van der Waals surface area contributed by atoms with Crippen molar-refractivity contribution in [2.75, 3.05) is 0 Å². The number of H-pyrrole nitrogens is 1. The van der Waals surface area contributed by atoms with E-state index in [0.717, 1.165) is 11.2 Å². The van der Waals surface area contributed by atoms with E-state index in [9.17, 15) is 4.79 Å². The molecule has 3 nitrogen and oxygen atoms in total. The average molecular weight is 375 g/mol. The van der Waals surface area contributed by atoms with E-state index >= 15 is 0 Å². The molecule has 4 aromatic rings. The van der Waals surface area contributed by atoms with E-state index in [1.165, 1.54) is 0 Å². The Hall–Kier alpha value is -1.97. The Labute approximate surface area is 159 Å². The summed E-state index contributed by atoms with van der Waals surface area (Å²) in [4.78, 5) is 11.7. The molecule has 1 heterocycles. The summed E-state index contributed by atoms with van der Waals surface area (Å²) in [6, 6.07) is 30.5. The van der Waals surface area contributed by atoms with Crippen LogP contribution in [0.5, 0.6) is 0 Å². The van der Waals surface area contributed by atoms with Crippen molar-refractivity contribution in [2.45, 2.75) is 0 Å². The normalized spacial score (nSPS) is 9.57. The van der Waals surface area contributed by atoms with Crippen LogP contribution < -0.4 is 5.56 Å². The number of aromatic amines is 1. The molecule has 0 fully saturated rings. The third kappa shape index (κ3) is 4.28. The maximum absolute atomic E-state index is 11.7. The fourth-order valence-electron chi connectivity index (χ4n) is 2.15. The maximum atomic E-state index is 11.7. The Morgan fingerprint density at radius 3 is 2.17 bits per heavy atom. The Bertz CT molecular complexity index is 872. The minimum Gasteiger partial charge on any atom is -0.306 e. The van der Waals surface area contributed by atoms with Crippen LogP contribution in [-0.4, -0.2) is 9.78 Å². The topological polar surface area (TPSA) is 37.8 Å². The van der Waals surface area contributed by atoms with E-state index in [0.29, 0.717) is 5.39 Å². The number of para-hydroxylation sites is 1. The van der Waals surface area contributed by atoms with Crippen LogP contribution in [0.4, 0.5) is 0 Å². The summed E-state index contributed by atoms with van der Waals surface area (Å²) in [7, 11) is 0. The molecule has 4 heteroatoms. The predicted octanol–water partition coefficient (Wildman–Crippen LogP) is 3.60. The van der Waals surface area contributed by atoms with Gasteiger partial charge >= 0.3 is 0 Å². The van der Waals surface area contributed by atoms with Crippen LogP contribution in [0.3, 0.4) is 0 Å². The average Bonchev–Trinajstić information content (AvgIpc) is 2.95. The molecule has 0 saturated heterocycles. The zero-order valence-corrected chi connectivity index (χ0v) is 15.3. The van der Waals surface area contributed by atoms with Crippen molar-refractivity contribution in [3.8, 4) is 5.69 Å². The van der Waals surface area contributed by atoms with Crippen LogP contribution in [0, 0.1) is 12.1 Å². The van der Waals surface area contributed by atoms with E-state index in [1.54, 1.807) is 4.68 Å². The molecule has 0 atom stereocenters. The molecular weight excluding hydrogens is 361 g/mol. The predicted molar refractivity (Wildman–Crippen MR) is 88.0 cm³/mol. The van der Waals surface area contributed by atoms with Crippen molar-refractivity contribution in [1.82, 2.24) is 9.78 Å². The Kier molecular flexibility index (Phi) is 6.51. The van der Waals surface area contributed by atoms with Crippen molar-refractivity contribution in [3.63, 3.8) is 0 Å². The van der Waals surface area contributed by atoms with Gasteiger partial charge in [-0.2, -0.15) is 60.7 Å². The van der Waals surface area contributed by atoms with Crippen LogP contribution in [0.1, 0.15) is 0 Å². The van der Waals surface area contributed by atoms with Crippen LogP contribution in [0.25, 0.3) is 16.6 Å². The van der Waals surface area contributed by atoms with Crippen LogP contribution in [0.2, 0.25) is 0 Å². The number of hydrogen-bond donors (Lipinski definition) is 1. The summed E-state index contributed by atoms with van der Waals surface area (Å²) in [6.45, 7) is 0. The molecule has 1 N–H and O–H groups in total. The van der Waals surface area contributed by atoms with Gasteiger partial charge in [0.25, 0.3) is 5.56 Å². The molecule has 3 aromatic carbocycles. The summed E-state index contributed by atoms with van der Waals surface area (Å²) in [5.74, 6) is 0.